The second-order valence-electron chi connectivity index (χ2n) is 5.42. The lowest BCUT2D eigenvalue weighted by Crippen LogP contribution is -2.32. The van der Waals surface area contributed by atoms with Gasteiger partial charge in [0.1, 0.15) is 0 Å². The summed E-state index contributed by atoms with van der Waals surface area (Å²) in [6.45, 7) is 3.41. The van der Waals surface area contributed by atoms with Crippen molar-refractivity contribution in [2.45, 2.75) is 4.90 Å². The van der Waals surface area contributed by atoms with Gasteiger partial charge in [0, 0.05) is 11.6 Å². The monoisotopic (exact) mass is 428 g/mol. The molecule has 0 saturated heterocycles. The van der Waals surface area contributed by atoms with E-state index in [0.717, 1.165) is 4.31 Å². The quantitative estimate of drug-likeness (QED) is 0.632. The van der Waals surface area contributed by atoms with Crippen LogP contribution in [0.3, 0.4) is 0 Å². The number of rotatable bonds is 8. The van der Waals surface area contributed by atoms with Gasteiger partial charge in [-0.3, -0.25) is 9.10 Å². The van der Waals surface area contributed by atoms with E-state index in [1.807, 2.05) is 0 Å². The van der Waals surface area contributed by atoms with Crippen molar-refractivity contribution in [1.82, 2.24) is 5.32 Å². The summed E-state index contributed by atoms with van der Waals surface area (Å²) in [4.78, 5) is 12.1. The summed E-state index contributed by atoms with van der Waals surface area (Å²) in [6.07, 6.45) is 1.46. The van der Waals surface area contributed by atoms with Crippen LogP contribution in [-0.2, 0) is 10.0 Å². The molecule has 0 saturated carbocycles. The van der Waals surface area contributed by atoms with E-state index in [9.17, 15) is 13.2 Å². The fourth-order valence-corrected chi connectivity index (χ4v) is 4.09. The highest BCUT2D eigenvalue weighted by atomic mass is 35.5. The molecule has 2 N–H and O–H groups in total. The zero-order valence-corrected chi connectivity index (χ0v) is 16.6. The van der Waals surface area contributed by atoms with Gasteiger partial charge in [0.15, 0.2) is 0 Å². The van der Waals surface area contributed by atoms with Gasteiger partial charge in [-0.15, -0.1) is 6.58 Å². The number of aliphatic hydroxyl groups excluding tert-OH is 1. The minimum absolute atomic E-state index is 0.000788. The molecule has 0 atom stereocenters. The zero-order chi connectivity index (χ0) is 20.0. The van der Waals surface area contributed by atoms with E-state index < -0.39 is 15.9 Å². The summed E-state index contributed by atoms with van der Waals surface area (Å²) < 4.78 is 27.4. The van der Waals surface area contributed by atoms with Gasteiger partial charge < -0.3 is 10.4 Å². The minimum Gasteiger partial charge on any atom is -0.395 e. The van der Waals surface area contributed by atoms with E-state index in [-0.39, 0.29) is 35.2 Å². The Hall–Kier alpha value is -2.06. The van der Waals surface area contributed by atoms with Gasteiger partial charge in [-0.05, 0) is 42.5 Å². The van der Waals surface area contributed by atoms with Gasteiger partial charge in [0.25, 0.3) is 15.9 Å². The molecule has 1 amide bonds. The molecule has 2 rings (SSSR count). The molecule has 0 heterocycles. The SMILES string of the molecule is C=CCN(c1ccc(Cl)cc1)S(=O)(=O)c1ccc(Cl)c(C(=O)NCCO)c1. The van der Waals surface area contributed by atoms with Crippen LogP contribution < -0.4 is 9.62 Å². The molecular weight excluding hydrogens is 411 g/mol. The second-order valence-corrected chi connectivity index (χ2v) is 8.13. The predicted octanol–water partition coefficient (Wildman–Crippen LogP) is 3.10. The Bertz CT molecular complexity index is 931. The van der Waals surface area contributed by atoms with E-state index >= 15 is 0 Å². The number of hydrogen-bond acceptors (Lipinski definition) is 4. The zero-order valence-electron chi connectivity index (χ0n) is 14.2. The first kappa shape index (κ1) is 21.2. The molecule has 0 radical (unpaired) electrons. The largest absolute Gasteiger partial charge is 0.395 e. The van der Waals surface area contributed by atoms with Crippen LogP contribution in [0.25, 0.3) is 0 Å². The summed E-state index contributed by atoms with van der Waals surface area (Å²) in [6, 6.07) is 10.2. The number of carbonyl (C=O) groups is 1. The highest BCUT2D eigenvalue weighted by molar-refractivity contribution is 7.92. The Morgan fingerprint density at radius 3 is 2.44 bits per heavy atom. The van der Waals surface area contributed by atoms with Gasteiger partial charge >= 0.3 is 0 Å². The molecule has 0 spiro atoms. The first-order valence-electron chi connectivity index (χ1n) is 7.89. The van der Waals surface area contributed by atoms with Crippen molar-refractivity contribution in [3.05, 3.63) is 70.7 Å². The van der Waals surface area contributed by atoms with Crippen molar-refractivity contribution >= 4 is 44.8 Å². The molecule has 27 heavy (non-hydrogen) atoms. The number of nitrogens with zero attached hydrogens (tertiary/aromatic N) is 1. The van der Waals surface area contributed by atoms with Crippen LogP contribution in [0.4, 0.5) is 5.69 Å². The lowest BCUT2D eigenvalue weighted by molar-refractivity contribution is 0.0944. The third-order valence-corrected chi connectivity index (χ3v) is 5.95. The fourth-order valence-electron chi connectivity index (χ4n) is 2.30. The smallest absolute Gasteiger partial charge is 0.264 e. The van der Waals surface area contributed by atoms with E-state index in [1.54, 1.807) is 24.3 Å². The maximum atomic E-state index is 13.1. The number of hydrogen-bond donors (Lipinski definition) is 2. The van der Waals surface area contributed by atoms with E-state index in [0.29, 0.717) is 10.7 Å². The molecule has 2 aromatic carbocycles. The minimum atomic E-state index is -3.99. The standard InChI is InChI=1S/C18H18Cl2N2O4S/c1-2-10-22(14-5-3-13(19)4-6-14)27(25,26)15-7-8-17(20)16(12-15)18(24)21-9-11-23/h2-8,12,23H,1,9-11H2,(H,21,24). The molecule has 0 aliphatic rings. The Balaban J connectivity index is 2.48. The molecule has 2 aromatic rings. The molecule has 144 valence electrons. The molecule has 0 aliphatic heterocycles. The van der Waals surface area contributed by atoms with E-state index in [2.05, 4.69) is 11.9 Å². The van der Waals surface area contributed by atoms with Crippen molar-refractivity contribution in [2.24, 2.45) is 0 Å². The maximum absolute atomic E-state index is 13.1. The molecule has 0 aliphatic carbocycles. The van der Waals surface area contributed by atoms with Crippen LogP contribution in [0.5, 0.6) is 0 Å². The van der Waals surface area contributed by atoms with E-state index in [1.165, 1.54) is 24.3 Å². The van der Waals surface area contributed by atoms with Gasteiger partial charge in [-0.25, -0.2) is 8.42 Å². The molecule has 0 fully saturated rings. The van der Waals surface area contributed by atoms with Crippen LogP contribution >= 0.6 is 23.2 Å². The number of benzene rings is 2. The third-order valence-electron chi connectivity index (χ3n) is 3.58. The van der Waals surface area contributed by atoms with Crippen molar-refractivity contribution in [3.8, 4) is 0 Å². The van der Waals surface area contributed by atoms with Crippen LogP contribution in [-0.4, -0.2) is 39.1 Å². The lowest BCUT2D eigenvalue weighted by atomic mass is 10.2. The van der Waals surface area contributed by atoms with Crippen LogP contribution in [0.15, 0.2) is 60.0 Å². The molecule has 0 bridgehead atoms. The molecule has 9 heteroatoms. The second kappa shape index (κ2) is 9.23. The Labute approximate surface area is 168 Å². The number of nitrogens with one attached hydrogen (secondary N) is 1. The summed E-state index contributed by atoms with van der Waals surface area (Å²) in [5.41, 5.74) is 0.404. The summed E-state index contributed by atoms with van der Waals surface area (Å²) in [7, 11) is -3.99. The Morgan fingerprint density at radius 2 is 1.85 bits per heavy atom. The fraction of sp³-hybridized carbons (Fsp3) is 0.167. The normalized spacial score (nSPS) is 11.1. The molecule has 0 aromatic heterocycles. The number of carbonyl (C=O) groups excluding carboxylic acids is 1. The number of halogens is 2. The molecule has 6 nitrogen and oxygen atoms in total. The topological polar surface area (TPSA) is 86.7 Å². The number of amides is 1. The maximum Gasteiger partial charge on any atom is 0.264 e. The van der Waals surface area contributed by atoms with Crippen molar-refractivity contribution in [2.75, 3.05) is 24.0 Å². The highest BCUT2D eigenvalue weighted by Gasteiger charge is 2.26. The van der Waals surface area contributed by atoms with Gasteiger partial charge in [-0.2, -0.15) is 0 Å². The Kier molecular flexibility index (Phi) is 7.26. The van der Waals surface area contributed by atoms with Crippen LogP contribution in [0.2, 0.25) is 10.0 Å². The first-order chi connectivity index (χ1) is 12.8. The number of sulfonamides is 1. The summed E-state index contributed by atoms with van der Waals surface area (Å²) >= 11 is 11.9. The third kappa shape index (κ3) is 5.01. The van der Waals surface area contributed by atoms with Crippen LogP contribution in [0.1, 0.15) is 10.4 Å². The van der Waals surface area contributed by atoms with Gasteiger partial charge in [-0.1, -0.05) is 29.3 Å². The Morgan fingerprint density at radius 1 is 1.19 bits per heavy atom. The lowest BCUT2D eigenvalue weighted by Gasteiger charge is -2.23. The van der Waals surface area contributed by atoms with Crippen molar-refractivity contribution in [3.63, 3.8) is 0 Å². The average molecular weight is 429 g/mol. The van der Waals surface area contributed by atoms with Gasteiger partial charge in [0.05, 0.1) is 34.3 Å². The predicted molar refractivity (Wildman–Crippen MR) is 107 cm³/mol. The van der Waals surface area contributed by atoms with Crippen molar-refractivity contribution < 1.29 is 18.3 Å². The molecule has 0 unspecified atom stereocenters. The summed E-state index contributed by atoms with van der Waals surface area (Å²) in [5.74, 6) is -0.576. The van der Waals surface area contributed by atoms with E-state index in [4.69, 9.17) is 28.3 Å². The highest BCUT2D eigenvalue weighted by Crippen LogP contribution is 2.27. The number of aliphatic hydroxyl groups is 1. The average Bonchev–Trinajstić information content (AvgIpc) is 2.65. The first-order valence-corrected chi connectivity index (χ1v) is 10.1. The number of anilines is 1. The van der Waals surface area contributed by atoms with Crippen LogP contribution in [0, 0.1) is 0 Å². The molecular formula is C18H18Cl2N2O4S. The van der Waals surface area contributed by atoms with Gasteiger partial charge in [0.2, 0.25) is 0 Å². The van der Waals surface area contributed by atoms with Crippen molar-refractivity contribution in [1.29, 1.82) is 0 Å². The summed E-state index contributed by atoms with van der Waals surface area (Å²) in [5, 5.41) is 11.9.